The largest absolute Gasteiger partial charge is 0.490 e. The van der Waals surface area contributed by atoms with Crippen molar-refractivity contribution in [1.29, 1.82) is 0 Å². The van der Waals surface area contributed by atoms with Crippen LogP contribution in [0.4, 0.5) is 15.0 Å². The maximum Gasteiger partial charge on any atom is 0.323 e. The lowest BCUT2D eigenvalue weighted by atomic mass is 10.1. The number of urea groups is 1. The minimum absolute atomic E-state index is 0.0537. The molecule has 31 heavy (non-hydrogen) atoms. The number of pyridine rings is 1. The number of hydrogen-bond acceptors (Lipinski definition) is 4. The second kappa shape index (κ2) is 9.93. The molecule has 6 nitrogen and oxygen atoms in total. The maximum atomic E-state index is 13.2. The molecule has 7 heteroatoms. The highest BCUT2D eigenvalue weighted by Crippen LogP contribution is 2.23. The van der Waals surface area contributed by atoms with Gasteiger partial charge in [-0.3, -0.25) is 5.32 Å². The minimum atomic E-state index is -0.273. The summed E-state index contributed by atoms with van der Waals surface area (Å²) in [7, 11) is 0. The monoisotopic (exact) mass is 421 g/mol. The maximum absolute atomic E-state index is 13.2. The van der Waals surface area contributed by atoms with E-state index in [0.29, 0.717) is 31.3 Å². The molecule has 1 aliphatic heterocycles. The summed E-state index contributed by atoms with van der Waals surface area (Å²) in [6.45, 7) is 1.55. The Labute approximate surface area is 180 Å². The smallest absolute Gasteiger partial charge is 0.323 e. The third kappa shape index (κ3) is 5.94. The molecule has 2 heterocycles. The second-order valence-electron chi connectivity index (χ2n) is 7.34. The van der Waals surface area contributed by atoms with Crippen molar-refractivity contribution in [2.45, 2.75) is 25.6 Å². The van der Waals surface area contributed by atoms with Crippen LogP contribution in [0.25, 0.3) is 0 Å². The van der Waals surface area contributed by atoms with Gasteiger partial charge in [0.2, 0.25) is 0 Å². The fourth-order valence-corrected chi connectivity index (χ4v) is 3.40. The highest BCUT2D eigenvalue weighted by molar-refractivity contribution is 5.88. The molecule has 1 aliphatic rings. The van der Waals surface area contributed by atoms with E-state index in [9.17, 15) is 9.18 Å². The van der Waals surface area contributed by atoms with E-state index in [4.69, 9.17) is 9.47 Å². The van der Waals surface area contributed by atoms with Gasteiger partial charge in [0, 0.05) is 32.1 Å². The van der Waals surface area contributed by atoms with Gasteiger partial charge < -0.3 is 14.4 Å². The van der Waals surface area contributed by atoms with Gasteiger partial charge in [0.25, 0.3) is 0 Å². The molecule has 1 saturated heterocycles. The summed E-state index contributed by atoms with van der Waals surface area (Å²) in [5, 5.41) is 2.81. The summed E-state index contributed by atoms with van der Waals surface area (Å²) in [6, 6.07) is 19.0. The first-order valence-corrected chi connectivity index (χ1v) is 10.3. The summed E-state index contributed by atoms with van der Waals surface area (Å²) in [5.74, 6) is 1.72. The molecule has 0 bridgehead atoms. The van der Waals surface area contributed by atoms with Crippen LogP contribution >= 0.6 is 0 Å². The Kier molecular flexibility index (Phi) is 6.62. The van der Waals surface area contributed by atoms with Gasteiger partial charge in [-0.15, -0.1) is 0 Å². The average Bonchev–Trinajstić information content (AvgIpc) is 2.80. The SMILES string of the molecule is O=C(Nc1ccccn1)N1CCC(Oc2ccc(OCc3cccc(F)c3)cc2)CC1. The summed E-state index contributed by atoms with van der Waals surface area (Å²) < 4.78 is 25.0. The molecule has 0 unspecified atom stereocenters. The summed E-state index contributed by atoms with van der Waals surface area (Å²) >= 11 is 0. The van der Waals surface area contributed by atoms with E-state index in [1.54, 1.807) is 23.2 Å². The number of aromatic nitrogens is 1. The number of benzene rings is 2. The van der Waals surface area contributed by atoms with Crippen molar-refractivity contribution in [3.63, 3.8) is 0 Å². The predicted molar refractivity (Wildman–Crippen MR) is 116 cm³/mol. The van der Waals surface area contributed by atoms with Gasteiger partial charge in [-0.2, -0.15) is 0 Å². The van der Waals surface area contributed by atoms with Crippen molar-refractivity contribution in [3.8, 4) is 11.5 Å². The van der Waals surface area contributed by atoms with Crippen LogP contribution in [0.1, 0.15) is 18.4 Å². The quantitative estimate of drug-likeness (QED) is 0.617. The Hall–Kier alpha value is -3.61. The first-order valence-electron chi connectivity index (χ1n) is 10.3. The molecule has 0 saturated carbocycles. The zero-order valence-corrected chi connectivity index (χ0v) is 17.0. The number of rotatable bonds is 6. The van der Waals surface area contributed by atoms with Gasteiger partial charge in [-0.1, -0.05) is 18.2 Å². The normalized spacial score (nSPS) is 14.2. The number of piperidine rings is 1. The van der Waals surface area contributed by atoms with Crippen molar-refractivity contribution in [2.24, 2.45) is 0 Å². The zero-order chi connectivity index (χ0) is 21.5. The van der Waals surface area contributed by atoms with Crippen molar-refractivity contribution >= 4 is 11.8 Å². The van der Waals surface area contributed by atoms with E-state index in [0.717, 1.165) is 24.2 Å². The van der Waals surface area contributed by atoms with Crippen LogP contribution in [0.2, 0.25) is 0 Å². The molecular formula is C24H24FN3O3. The molecule has 1 N–H and O–H groups in total. The molecule has 1 aromatic heterocycles. The van der Waals surface area contributed by atoms with Crippen LogP contribution in [0.5, 0.6) is 11.5 Å². The molecule has 4 rings (SSSR count). The average molecular weight is 421 g/mol. The van der Waals surface area contributed by atoms with Crippen LogP contribution in [0, 0.1) is 5.82 Å². The molecule has 1 fully saturated rings. The fourth-order valence-electron chi connectivity index (χ4n) is 3.40. The number of carbonyl (C=O) groups is 1. The van der Waals surface area contributed by atoms with Crippen LogP contribution in [0.15, 0.2) is 72.9 Å². The van der Waals surface area contributed by atoms with Gasteiger partial charge in [0.1, 0.15) is 35.8 Å². The lowest BCUT2D eigenvalue weighted by Gasteiger charge is -2.32. The van der Waals surface area contributed by atoms with Gasteiger partial charge >= 0.3 is 6.03 Å². The van der Waals surface area contributed by atoms with Crippen molar-refractivity contribution in [1.82, 2.24) is 9.88 Å². The van der Waals surface area contributed by atoms with Crippen LogP contribution in [0.3, 0.4) is 0 Å². The summed E-state index contributed by atoms with van der Waals surface area (Å²) in [6.07, 6.45) is 3.21. The predicted octanol–water partition coefficient (Wildman–Crippen LogP) is 4.88. The lowest BCUT2D eigenvalue weighted by molar-refractivity contribution is 0.115. The number of nitrogens with zero attached hydrogens (tertiary/aromatic N) is 2. The van der Waals surface area contributed by atoms with Gasteiger partial charge in [-0.25, -0.2) is 14.2 Å². The highest BCUT2D eigenvalue weighted by Gasteiger charge is 2.24. The first-order chi connectivity index (χ1) is 15.2. The van der Waals surface area contributed by atoms with E-state index < -0.39 is 0 Å². The molecule has 2 amide bonds. The van der Waals surface area contributed by atoms with Crippen molar-refractivity contribution < 1.29 is 18.7 Å². The number of likely N-dealkylation sites (tertiary alicyclic amines) is 1. The molecule has 0 radical (unpaired) electrons. The molecule has 160 valence electrons. The van der Waals surface area contributed by atoms with Gasteiger partial charge in [0.05, 0.1) is 0 Å². The van der Waals surface area contributed by atoms with Crippen LogP contribution in [-0.4, -0.2) is 35.1 Å². The molecule has 3 aromatic rings. The number of nitrogens with one attached hydrogen (secondary N) is 1. The Balaban J connectivity index is 1.22. The first kappa shape index (κ1) is 20.7. The number of amides is 2. The van der Waals surface area contributed by atoms with Gasteiger partial charge in [0.15, 0.2) is 0 Å². The number of ether oxygens (including phenoxy) is 2. The number of anilines is 1. The van der Waals surface area contributed by atoms with E-state index in [-0.39, 0.29) is 18.0 Å². The molecular weight excluding hydrogens is 397 g/mol. The van der Waals surface area contributed by atoms with E-state index in [2.05, 4.69) is 10.3 Å². The number of carbonyl (C=O) groups excluding carboxylic acids is 1. The van der Waals surface area contributed by atoms with E-state index in [1.165, 1.54) is 12.1 Å². The van der Waals surface area contributed by atoms with Crippen molar-refractivity contribution in [3.05, 3.63) is 84.3 Å². The van der Waals surface area contributed by atoms with Gasteiger partial charge in [-0.05, 0) is 54.1 Å². The third-order valence-electron chi connectivity index (χ3n) is 5.05. The van der Waals surface area contributed by atoms with Crippen molar-refractivity contribution in [2.75, 3.05) is 18.4 Å². The Morgan fingerprint density at radius 3 is 2.52 bits per heavy atom. The topological polar surface area (TPSA) is 63.7 Å². The summed E-state index contributed by atoms with van der Waals surface area (Å²) in [5.41, 5.74) is 0.777. The second-order valence-corrected chi connectivity index (χ2v) is 7.34. The van der Waals surface area contributed by atoms with E-state index >= 15 is 0 Å². The number of hydrogen-bond donors (Lipinski definition) is 1. The molecule has 2 aromatic carbocycles. The Morgan fingerprint density at radius 2 is 1.81 bits per heavy atom. The Morgan fingerprint density at radius 1 is 1.03 bits per heavy atom. The van der Waals surface area contributed by atoms with Crippen LogP contribution < -0.4 is 14.8 Å². The zero-order valence-electron chi connectivity index (χ0n) is 17.0. The molecule has 0 atom stereocenters. The Bertz CT molecular complexity index is 990. The fraction of sp³-hybridized carbons (Fsp3) is 0.250. The summed E-state index contributed by atoms with van der Waals surface area (Å²) in [4.78, 5) is 18.2. The molecule has 0 aliphatic carbocycles. The molecule has 0 spiro atoms. The lowest BCUT2D eigenvalue weighted by Crippen LogP contribution is -2.43. The van der Waals surface area contributed by atoms with E-state index in [1.807, 2.05) is 42.5 Å². The standard InChI is InChI=1S/C24H24FN3O3/c25-19-5-3-4-18(16-19)17-30-20-7-9-21(10-8-20)31-22-11-14-28(15-12-22)24(29)27-23-6-1-2-13-26-23/h1-10,13,16,22H,11-12,14-15,17H2,(H,26,27,29). The van der Waals surface area contributed by atoms with Crippen LogP contribution in [-0.2, 0) is 6.61 Å². The minimum Gasteiger partial charge on any atom is -0.490 e. The highest BCUT2D eigenvalue weighted by atomic mass is 19.1. The third-order valence-corrected chi connectivity index (χ3v) is 5.05. The number of halogens is 1.